The smallest absolute Gasteiger partial charge is 0.334 e. The Bertz CT molecular complexity index is 202. The Kier molecular flexibility index (Phi) is 2.18. The molecule has 11 heavy (non-hydrogen) atoms. The van der Waals surface area contributed by atoms with Gasteiger partial charge in [-0.3, -0.25) is 4.79 Å². The number of ether oxygens (including phenoxy) is 1. The highest BCUT2D eigenvalue weighted by atomic mass is 35.5. The maximum absolute atomic E-state index is 11.1. The molecule has 0 heterocycles. The molecule has 4 heteroatoms. The number of hydrogen-bond acceptors (Lipinski definition) is 3. The van der Waals surface area contributed by atoms with Gasteiger partial charge < -0.3 is 4.74 Å². The van der Waals surface area contributed by atoms with Gasteiger partial charge in [-0.25, -0.2) is 4.79 Å². The molecule has 1 fully saturated rings. The summed E-state index contributed by atoms with van der Waals surface area (Å²) in [4.78, 5) is 20.7. The first-order chi connectivity index (χ1) is 5.11. The molecule has 0 aliphatic heterocycles. The Morgan fingerprint density at radius 3 is 2.73 bits per heavy atom. The fourth-order valence-electron chi connectivity index (χ4n) is 1.21. The van der Waals surface area contributed by atoms with Crippen molar-refractivity contribution in [2.75, 3.05) is 7.11 Å². The van der Waals surface area contributed by atoms with Crippen LogP contribution in [0.25, 0.3) is 0 Å². The molecular weight excluding hydrogens is 168 g/mol. The first-order valence-corrected chi connectivity index (χ1v) is 3.79. The van der Waals surface area contributed by atoms with Gasteiger partial charge >= 0.3 is 5.97 Å². The van der Waals surface area contributed by atoms with E-state index in [1.807, 2.05) is 0 Å². The van der Waals surface area contributed by atoms with Crippen molar-refractivity contribution in [2.24, 2.45) is 0 Å². The highest BCUT2D eigenvalue weighted by Crippen LogP contribution is 2.33. The molecular formula is C7H9ClO3. The first-order valence-electron chi connectivity index (χ1n) is 3.42. The highest BCUT2D eigenvalue weighted by molar-refractivity contribution is 6.46. The third kappa shape index (κ3) is 1.25. The second-order valence-electron chi connectivity index (χ2n) is 2.57. The van der Waals surface area contributed by atoms with Crippen LogP contribution in [-0.4, -0.2) is 23.7 Å². The van der Waals surface area contributed by atoms with Crippen molar-refractivity contribution in [2.45, 2.75) is 24.1 Å². The van der Waals surface area contributed by atoms with E-state index in [0.29, 0.717) is 19.3 Å². The first kappa shape index (κ1) is 8.53. The van der Waals surface area contributed by atoms with Gasteiger partial charge in [0, 0.05) is 6.42 Å². The van der Waals surface area contributed by atoms with Crippen LogP contribution in [0, 0.1) is 0 Å². The van der Waals surface area contributed by atoms with E-state index < -0.39 is 10.8 Å². The molecule has 0 spiro atoms. The standard InChI is InChI=1S/C7H9ClO3/c1-11-6(10)7(8)4-2-3-5(7)9/h2-4H2,1H3/t7-/m0/s1. The third-order valence-electron chi connectivity index (χ3n) is 1.88. The molecule has 1 atom stereocenters. The zero-order valence-electron chi connectivity index (χ0n) is 6.22. The van der Waals surface area contributed by atoms with E-state index in [1.165, 1.54) is 7.11 Å². The molecule has 0 aromatic rings. The van der Waals surface area contributed by atoms with E-state index in [9.17, 15) is 9.59 Å². The van der Waals surface area contributed by atoms with Crippen molar-refractivity contribution in [1.29, 1.82) is 0 Å². The van der Waals surface area contributed by atoms with Crippen LogP contribution in [0.5, 0.6) is 0 Å². The van der Waals surface area contributed by atoms with Gasteiger partial charge in [0.05, 0.1) is 7.11 Å². The van der Waals surface area contributed by atoms with Crippen molar-refractivity contribution in [3.05, 3.63) is 0 Å². The monoisotopic (exact) mass is 176 g/mol. The van der Waals surface area contributed by atoms with Gasteiger partial charge in [0.25, 0.3) is 0 Å². The second kappa shape index (κ2) is 2.81. The molecule has 0 radical (unpaired) electrons. The SMILES string of the molecule is COC(=O)[C@]1(Cl)CCCC1=O. The Hall–Kier alpha value is -0.570. The van der Waals surface area contributed by atoms with Gasteiger partial charge in [0.1, 0.15) is 0 Å². The Morgan fingerprint density at radius 2 is 2.36 bits per heavy atom. The predicted molar refractivity (Wildman–Crippen MR) is 39.5 cm³/mol. The largest absolute Gasteiger partial charge is 0.467 e. The summed E-state index contributed by atoms with van der Waals surface area (Å²) in [5.41, 5.74) is 0. The summed E-state index contributed by atoms with van der Waals surface area (Å²) in [6.07, 6.45) is 1.47. The number of rotatable bonds is 1. The maximum Gasteiger partial charge on any atom is 0.334 e. The van der Waals surface area contributed by atoms with Crippen LogP contribution in [-0.2, 0) is 14.3 Å². The van der Waals surface area contributed by atoms with Crippen LogP contribution in [0.4, 0.5) is 0 Å². The van der Waals surface area contributed by atoms with Crippen LogP contribution >= 0.6 is 11.6 Å². The lowest BCUT2D eigenvalue weighted by molar-refractivity contribution is -0.146. The molecule has 1 saturated carbocycles. The number of esters is 1. The number of alkyl halides is 1. The minimum absolute atomic E-state index is 0.217. The molecule has 1 aliphatic rings. The summed E-state index contributed by atoms with van der Waals surface area (Å²) in [7, 11) is 1.23. The van der Waals surface area contributed by atoms with Crippen molar-refractivity contribution in [1.82, 2.24) is 0 Å². The fourth-order valence-corrected chi connectivity index (χ4v) is 1.51. The number of carbonyl (C=O) groups is 2. The zero-order valence-corrected chi connectivity index (χ0v) is 6.98. The lowest BCUT2D eigenvalue weighted by Crippen LogP contribution is -2.37. The molecule has 0 unspecified atom stereocenters. The average molecular weight is 177 g/mol. The molecule has 0 saturated heterocycles. The average Bonchev–Trinajstić information content (AvgIpc) is 2.32. The van der Waals surface area contributed by atoms with Crippen molar-refractivity contribution in [3.63, 3.8) is 0 Å². The number of ketones is 1. The maximum atomic E-state index is 11.1. The predicted octanol–water partition coefficient (Wildman–Crippen LogP) is 0.890. The molecule has 0 aromatic carbocycles. The molecule has 0 bridgehead atoms. The van der Waals surface area contributed by atoms with E-state index >= 15 is 0 Å². The highest BCUT2D eigenvalue weighted by Gasteiger charge is 2.47. The van der Waals surface area contributed by atoms with Crippen molar-refractivity contribution >= 4 is 23.4 Å². The third-order valence-corrected chi connectivity index (χ3v) is 2.43. The van der Waals surface area contributed by atoms with Crippen LogP contribution in [0.1, 0.15) is 19.3 Å². The topological polar surface area (TPSA) is 43.4 Å². The summed E-state index contributed by atoms with van der Waals surface area (Å²) in [5, 5.41) is 0. The molecule has 0 amide bonds. The Morgan fingerprint density at radius 1 is 1.73 bits per heavy atom. The van der Waals surface area contributed by atoms with Gasteiger partial charge in [0.15, 0.2) is 10.7 Å². The Labute approximate surface area is 69.7 Å². The van der Waals surface area contributed by atoms with E-state index in [0.717, 1.165) is 0 Å². The van der Waals surface area contributed by atoms with Gasteiger partial charge in [-0.05, 0) is 12.8 Å². The minimum Gasteiger partial charge on any atom is -0.467 e. The van der Waals surface area contributed by atoms with Gasteiger partial charge in [-0.2, -0.15) is 0 Å². The minimum atomic E-state index is -1.37. The number of carbonyl (C=O) groups excluding carboxylic acids is 2. The number of hydrogen-bond donors (Lipinski definition) is 0. The molecule has 3 nitrogen and oxygen atoms in total. The van der Waals surface area contributed by atoms with Gasteiger partial charge in [-0.1, -0.05) is 11.6 Å². The summed E-state index contributed by atoms with van der Waals surface area (Å²) >= 11 is 5.75. The van der Waals surface area contributed by atoms with Crippen LogP contribution in [0.3, 0.4) is 0 Å². The molecule has 62 valence electrons. The lowest BCUT2D eigenvalue weighted by Gasteiger charge is -2.14. The van der Waals surface area contributed by atoms with E-state index in [2.05, 4.69) is 4.74 Å². The van der Waals surface area contributed by atoms with E-state index in [4.69, 9.17) is 11.6 Å². The van der Waals surface area contributed by atoms with Crippen molar-refractivity contribution in [3.8, 4) is 0 Å². The summed E-state index contributed by atoms with van der Waals surface area (Å²) in [6, 6.07) is 0. The van der Waals surface area contributed by atoms with Crippen LogP contribution in [0.15, 0.2) is 0 Å². The van der Waals surface area contributed by atoms with E-state index in [-0.39, 0.29) is 5.78 Å². The van der Waals surface area contributed by atoms with Gasteiger partial charge in [0.2, 0.25) is 0 Å². The van der Waals surface area contributed by atoms with Crippen LogP contribution < -0.4 is 0 Å². The van der Waals surface area contributed by atoms with Crippen LogP contribution in [0.2, 0.25) is 0 Å². The molecule has 0 N–H and O–H groups in total. The van der Waals surface area contributed by atoms with Gasteiger partial charge in [-0.15, -0.1) is 0 Å². The normalized spacial score (nSPS) is 30.5. The Balaban J connectivity index is 2.80. The lowest BCUT2D eigenvalue weighted by atomic mass is 10.1. The molecule has 0 aromatic heterocycles. The fraction of sp³-hybridized carbons (Fsp3) is 0.714. The molecule has 1 rings (SSSR count). The summed E-state index contributed by atoms with van der Waals surface area (Å²) in [5.74, 6) is -0.840. The van der Waals surface area contributed by atoms with E-state index in [1.54, 1.807) is 0 Å². The number of halogens is 1. The summed E-state index contributed by atoms with van der Waals surface area (Å²) in [6.45, 7) is 0. The number of Topliss-reactive ketones (excluding diaryl/α,β-unsaturated/α-hetero) is 1. The quantitative estimate of drug-likeness (QED) is 0.339. The molecule has 1 aliphatic carbocycles. The number of methoxy groups -OCH3 is 1. The second-order valence-corrected chi connectivity index (χ2v) is 3.21. The summed E-state index contributed by atoms with van der Waals surface area (Å²) < 4.78 is 4.42. The van der Waals surface area contributed by atoms with Crippen molar-refractivity contribution < 1.29 is 14.3 Å². The zero-order chi connectivity index (χ0) is 8.48.